The lowest BCUT2D eigenvalue weighted by atomic mass is 10.1. The van der Waals surface area contributed by atoms with Gasteiger partial charge in [0.2, 0.25) is 5.91 Å². The van der Waals surface area contributed by atoms with E-state index in [4.69, 9.17) is 14.2 Å². The molecule has 0 atom stereocenters. The van der Waals surface area contributed by atoms with Gasteiger partial charge in [0.1, 0.15) is 5.75 Å². The monoisotopic (exact) mass is 441 g/mol. The first-order valence-corrected chi connectivity index (χ1v) is 10.6. The predicted octanol–water partition coefficient (Wildman–Crippen LogP) is 3.02. The molecule has 0 fully saturated rings. The van der Waals surface area contributed by atoms with Crippen LogP contribution in [-0.4, -0.2) is 69.2 Å². The highest BCUT2D eigenvalue weighted by molar-refractivity contribution is 5.99. The van der Waals surface area contributed by atoms with Gasteiger partial charge in [-0.25, -0.2) is 0 Å². The van der Waals surface area contributed by atoms with E-state index in [2.05, 4.69) is 17.3 Å². The summed E-state index contributed by atoms with van der Waals surface area (Å²) in [6.45, 7) is 4.02. The zero-order valence-electron chi connectivity index (χ0n) is 19.1. The van der Waals surface area contributed by atoms with Crippen molar-refractivity contribution in [3.05, 3.63) is 47.5 Å². The fourth-order valence-electron chi connectivity index (χ4n) is 3.65. The van der Waals surface area contributed by atoms with Crippen molar-refractivity contribution < 1.29 is 23.8 Å². The number of nitrogens with one attached hydrogen (secondary N) is 1. The maximum atomic E-state index is 12.9. The van der Waals surface area contributed by atoms with Gasteiger partial charge in [0, 0.05) is 25.7 Å². The molecular formula is C24H31N3O5. The molecule has 2 amide bonds. The van der Waals surface area contributed by atoms with Gasteiger partial charge in [-0.15, -0.1) is 0 Å². The number of methoxy groups -OCH3 is 2. The second kappa shape index (κ2) is 10.9. The van der Waals surface area contributed by atoms with Crippen LogP contribution >= 0.6 is 0 Å². The minimum Gasteiger partial charge on any atom is -0.493 e. The fraction of sp³-hybridized carbons (Fsp3) is 0.417. The van der Waals surface area contributed by atoms with Crippen LogP contribution in [0.1, 0.15) is 29.3 Å². The number of hydrogen-bond acceptors (Lipinski definition) is 6. The van der Waals surface area contributed by atoms with Crippen molar-refractivity contribution in [1.82, 2.24) is 9.80 Å². The maximum absolute atomic E-state index is 12.9. The smallest absolute Gasteiger partial charge is 0.260 e. The van der Waals surface area contributed by atoms with Crippen LogP contribution in [0.4, 0.5) is 5.69 Å². The van der Waals surface area contributed by atoms with Gasteiger partial charge in [0.15, 0.2) is 18.2 Å². The Morgan fingerprint density at radius 3 is 2.62 bits per heavy atom. The van der Waals surface area contributed by atoms with Crippen LogP contribution in [0.25, 0.3) is 0 Å². The number of fused-ring (bicyclic) bond motifs is 1. The van der Waals surface area contributed by atoms with Gasteiger partial charge >= 0.3 is 0 Å². The molecule has 8 heteroatoms. The van der Waals surface area contributed by atoms with Crippen molar-refractivity contribution in [1.29, 1.82) is 0 Å². The van der Waals surface area contributed by atoms with Crippen molar-refractivity contribution in [3.8, 4) is 17.2 Å². The Morgan fingerprint density at radius 1 is 1.12 bits per heavy atom. The maximum Gasteiger partial charge on any atom is 0.260 e. The number of likely N-dealkylation sites (N-methyl/N-ethyl adjacent to an activating group) is 1. The number of nitrogens with zero attached hydrogens (tertiary/aromatic N) is 2. The summed E-state index contributed by atoms with van der Waals surface area (Å²) in [4.78, 5) is 28.1. The first-order chi connectivity index (χ1) is 15.4. The molecule has 1 aliphatic heterocycles. The van der Waals surface area contributed by atoms with Crippen LogP contribution in [0, 0.1) is 0 Å². The topological polar surface area (TPSA) is 80.3 Å². The normalized spacial score (nSPS) is 12.9. The molecule has 2 aromatic rings. The molecule has 0 aromatic heterocycles. The number of anilines is 1. The van der Waals surface area contributed by atoms with Crippen LogP contribution in [0.3, 0.4) is 0 Å². The fourth-order valence-corrected chi connectivity index (χ4v) is 3.65. The highest BCUT2D eigenvalue weighted by Crippen LogP contribution is 2.29. The Kier molecular flexibility index (Phi) is 7.94. The van der Waals surface area contributed by atoms with E-state index in [1.165, 1.54) is 12.5 Å². The number of rotatable bonds is 10. The van der Waals surface area contributed by atoms with Crippen molar-refractivity contribution in [2.75, 3.05) is 52.9 Å². The Morgan fingerprint density at radius 2 is 1.91 bits per heavy atom. The van der Waals surface area contributed by atoms with Crippen LogP contribution in [0.5, 0.6) is 17.2 Å². The molecule has 0 radical (unpaired) electrons. The summed E-state index contributed by atoms with van der Waals surface area (Å²) in [7, 11) is 5.34. The average molecular weight is 442 g/mol. The van der Waals surface area contributed by atoms with Crippen molar-refractivity contribution in [2.45, 2.75) is 19.8 Å². The Labute approximate surface area is 189 Å². The van der Waals surface area contributed by atoms with E-state index in [0.717, 1.165) is 37.4 Å². The van der Waals surface area contributed by atoms with Crippen LogP contribution < -0.4 is 19.5 Å². The zero-order valence-corrected chi connectivity index (χ0v) is 19.1. The molecule has 1 aliphatic rings. The molecular weight excluding hydrogens is 410 g/mol. The summed E-state index contributed by atoms with van der Waals surface area (Å²) < 4.78 is 16.4. The number of amides is 2. The summed E-state index contributed by atoms with van der Waals surface area (Å²) in [5.74, 6) is 1.75. The third-order valence-corrected chi connectivity index (χ3v) is 5.39. The molecule has 32 heavy (non-hydrogen) atoms. The van der Waals surface area contributed by atoms with Crippen LogP contribution in [0.15, 0.2) is 36.4 Å². The van der Waals surface area contributed by atoms with Gasteiger partial charge in [-0.05, 0) is 62.3 Å². The SMILES string of the molecule is COc1ccc(CCN(C)CCCN2COc3ccc(NC(C)=O)cc3C2=O)cc1OC. The first-order valence-electron chi connectivity index (χ1n) is 10.6. The van der Waals surface area contributed by atoms with E-state index in [1.807, 2.05) is 18.2 Å². The Bertz CT molecular complexity index is 963. The molecule has 0 bridgehead atoms. The Balaban J connectivity index is 1.47. The summed E-state index contributed by atoms with van der Waals surface area (Å²) in [6.07, 6.45) is 1.72. The second-order valence-electron chi connectivity index (χ2n) is 7.83. The van der Waals surface area contributed by atoms with E-state index < -0.39 is 0 Å². The number of hydrogen-bond donors (Lipinski definition) is 1. The predicted molar refractivity (Wildman–Crippen MR) is 123 cm³/mol. The van der Waals surface area contributed by atoms with E-state index in [1.54, 1.807) is 37.3 Å². The van der Waals surface area contributed by atoms with E-state index in [9.17, 15) is 9.59 Å². The van der Waals surface area contributed by atoms with Crippen molar-refractivity contribution in [3.63, 3.8) is 0 Å². The highest BCUT2D eigenvalue weighted by Gasteiger charge is 2.25. The number of benzene rings is 2. The lowest BCUT2D eigenvalue weighted by Gasteiger charge is -2.29. The Hall–Kier alpha value is -3.26. The average Bonchev–Trinajstić information content (AvgIpc) is 2.79. The van der Waals surface area contributed by atoms with Gasteiger partial charge < -0.3 is 29.3 Å². The molecule has 8 nitrogen and oxygen atoms in total. The third kappa shape index (κ3) is 5.91. The van der Waals surface area contributed by atoms with Crippen molar-refractivity contribution >= 4 is 17.5 Å². The van der Waals surface area contributed by atoms with E-state index in [-0.39, 0.29) is 18.5 Å². The van der Waals surface area contributed by atoms with E-state index in [0.29, 0.717) is 23.5 Å². The zero-order chi connectivity index (χ0) is 23.1. The van der Waals surface area contributed by atoms with Gasteiger partial charge in [0.25, 0.3) is 5.91 Å². The molecule has 0 unspecified atom stereocenters. The van der Waals surface area contributed by atoms with Crippen LogP contribution in [0.2, 0.25) is 0 Å². The summed E-state index contributed by atoms with van der Waals surface area (Å²) in [6, 6.07) is 11.1. The third-order valence-electron chi connectivity index (χ3n) is 5.39. The second-order valence-corrected chi connectivity index (χ2v) is 7.83. The lowest BCUT2D eigenvalue weighted by Crippen LogP contribution is -2.40. The van der Waals surface area contributed by atoms with Crippen LogP contribution in [-0.2, 0) is 11.2 Å². The van der Waals surface area contributed by atoms with Gasteiger partial charge in [-0.1, -0.05) is 6.07 Å². The quantitative estimate of drug-likeness (QED) is 0.611. The highest BCUT2D eigenvalue weighted by atomic mass is 16.5. The molecule has 2 aromatic carbocycles. The molecule has 3 rings (SSSR count). The summed E-state index contributed by atoms with van der Waals surface area (Å²) >= 11 is 0. The molecule has 0 spiro atoms. The minimum atomic E-state index is -0.179. The van der Waals surface area contributed by atoms with Gasteiger partial charge in [-0.2, -0.15) is 0 Å². The molecule has 0 saturated heterocycles. The molecule has 0 saturated carbocycles. The molecule has 1 heterocycles. The molecule has 0 aliphatic carbocycles. The summed E-state index contributed by atoms with van der Waals surface area (Å²) in [5.41, 5.74) is 2.25. The van der Waals surface area contributed by atoms with Crippen molar-refractivity contribution in [2.24, 2.45) is 0 Å². The van der Waals surface area contributed by atoms with Gasteiger partial charge in [-0.3, -0.25) is 9.59 Å². The first kappa shape index (κ1) is 23.4. The van der Waals surface area contributed by atoms with Gasteiger partial charge in [0.05, 0.1) is 19.8 Å². The number of ether oxygens (including phenoxy) is 3. The molecule has 172 valence electrons. The number of carbonyl (C=O) groups is 2. The molecule has 1 N–H and O–H groups in total. The largest absolute Gasteiger partial charge is 0.493 e. The standard InChI is InChI=1S/C24H31N3O5/c1-17(28)25-19-7-9-21-20(15-19)24(29)27(16-32-21)12-5-11-26(2)13-10-18-6-8-22(30-3)23(14-18)31-4/h6-9,14-15H,5,10-13,16H2,1-4H3,(H,25,28). The summed E-state index contributed by atoms with van der Waals surface area (Å²) in [5, 5.41) is 2.70. The lowest BCUT2D eigenvalue weighted by molar-refractivity contribution is -0.114. The minimum absolute atomic E-state index is 0.0774. The number of carbonyl (C=O) groups excluding carboxylic acids is 2. The van der Waals surface area contributed by atoms with E-state index >= 15 is 0 Å².